The standard InChI is InChI=1S/C19H24N4O5/c1-13-17(18(24)22-9-7-14(8-10-22)19(25)26)21-23(20-13)15-3-5-16(6-4-15)28-12-11-27-2/h3-6,14H,7-12H2,1-2H3,(H,25,26). The van der Waals surface area contributed by atoms with Crippen molar-refractivity contribution in [3.05, 3.63) is 35.7 Å². The van der Waals surface area contributed by atoms with Gasteiger partial charge in [0.25, 0.3) is 5.91 Å². The molecule has 2 aromatic rings. The van der Waals surface area contributed by atoms with Gasteiger partial charge in [-0.25, -0.2) is 0 Å². The Hall–Kier alpha value is -2.94. The lowest BCUT2D eigenvalue weighted by atomic mass is 9.97. The molecule has 9 nitrogen and oxygen atoms in total. The van der Waals surface area contributed by atoms with E-state index >= 15 is 0 Å². The normalized spacial score (nSPS) is 14.9. The molecule has 1 fully saturated rings. The Morgan fingerprint density at radius 1 is 1.14 bits per heavy atom. The summed E-state index contributed by atoms with van der Waals surface area (Å²) in [4.78, 5) is 26.9. The highest BCUT2D eigenvalue weighted by molar-refractivity contribution is 5.93. The Bertz CT molecular complexity index is 825. The number of rotatable bonds is 7. The van der Waals surface area contributed by atoms with Gasteiger partial charge < -0.3 is 19.5 Å². The van der Waals surface area contributed by atoms with Gasteiger partial charge in [-0.3, -0.25) is 9.59 Å². The number of amides is 1. The second-order valence-electron chi connectivity index (χ2n) is 6.66. The zero-order valence-electron chi connectivity index (χ0n) is 16.0. The van der Waals surface area contributed by atoms with Gasteiger partial charge in [-0.15, -0.1) is 5.10 Å². The molecular formula is C19H24N4O5. The fourth-order valence-electron chi connectivity index (χ4n) is 3.09. The molecule has 1 aliphatic heterocycles. The third-order valence-electron chi connectivity index (χ3n) is 4.74. The first-order valence-electron chi connectivity index (χ1n) is 9.17. The number of carbonyl (C=O) groups is 2. The Morgan fingerprint density at radius 3 is 2.43 bits per heavy atom. The predicted octanol–water partition coefficient (Wildman–Crippen LogP) is 1.54. The van der Waals surface area contributed by atoms with Crippen LogP contribution in [0.4, 0.5) is 0 Å². The van der Waals surface area contributed by atoms with Crippen LogP contribution in [-0.4, -0.2) is 70.3 Å². The second-order valence-corrected chi connectivity index (χ2v) is 6.66. The molecule has 0 bridgehead atoms. The van der Waals surface area contributed by atoms with Crippen molar-refractivity contribution in [3.8, 4) is 11.4 Å². The summed E-state index contributed by atoms with van der Waals surface area (Å²) >= 11 is 0. The van der Waals surface area contributed by atoms with Gasteiger partial charge in [-0.05, 0) is 44.0 Å². The molecule has 28 heavy (non-hydrogen) atoms. The maximum atomic E-state index is 12.8. The molecule has 1 aliphatic rings. The van der Waals surface area contributed by atoms with Crippen molar-refractivity contribution in [2.24, 2.45) is 5.92 Å². The summed E-state index contributed by atoms with van der Waals surface area (Å²) in [5.41, 5.74) is 1.53. The number of hydrogen-bond donors (Lipinski definition) is 1. The lowest BCUT2D eigenvalue weighted by Gasteiger charge is -2.29. The van der Waals surface area contributed by atoms with Crippen molar-refractivity contribution in [3.63, 3.8) is 0 Å². The highest BCUT2D eigenvalue weighted by Crippen LogP contribution is 2.20. The molecule has 2 heterocycles. The first-order chi connectivity index (χ1) is 13.5. The summed E-state index contributed by atoms with van der Waals surface area (Å²) in [5.74, 6) is -0.691. The predicted molar refractivity (Wildman–Crippen MR) is 99.7 cm³/mol. The van der Waals surface area contributed by atoms with E-state index in [2.05, 4.69) is 10.2 Å². The number of carbonyl (C=O) groups excluding carboxylic acids is 1. The van der Waals surface area contributed by atoms with Crippen LogP contribution in [0.5, 0.6) is 5.75 Å². The van der Waals surface area contributed by atoms with Gasteiger partial charge >= 0.3 is 5.97 Å². The Morgan fingerprint density at radius 2 is 1.82 bits per heavy atom. The molecule has 1 N–H and O–H groups in total. The molecule has 150 valence electrons. The lowest BCUT2D eigenvalue weighted by Crippen LogP contribution is -2.40. The molecule has 9 heteroatoms. The molecule has 0 aliphatic carbocycles. The summed E-state index contributed by atoms with van der Waals surface area (Å²) in [7, 11) is 1.62. The molecule has 1 aromatic heterocycles. The van der Waals surface area contributed by atoms with Gasteiger partial charge in [0.15, 0.2) is 5.69 Å². The third-order valence-corrected chi connectivity index (χ3v) is 4.74. The number of aliphatic carboxylic acids is 1. The van der Waals surface area contributed by atoms with Crippen molar-refractivity contribution in [1.29, 1.82) is 0 Å². The number of aromatic nitrogens is 3. The minimum absolute atomic E-state index is 0.216. The summed E-state index contributed by atoms with van der Waals surface area (Å²) in [6.45, 7) is 3.54. The first-order valence-corrected chi connectivity index (χ1v) is 9.17. The maximum Gasteiger partial charge on any atom is 0.306 e. The SMILES string of the molecule is COCCOc1ccc(-n2nc(C)c(C(=O)N3CCC(C(=O)O)CC3)n2)cc1. The second kappa shape index (κ2) is 8.83. The number of methoxy groups -OCH3 is 1. The molecule has 1 aromatic carbocycles. The zero-order chi connectivity index (χ0) is 20.1. The molecule has 0 spiro atoms. The molecule has 1 amide bonds. The number of ether oxygens (including phenoxy) is 2. The Labute approximate surface area is 162 Å². The van der Waals surface area contributed by atoms with Crippen molar-refractivity contribution >= 4 is 11.9 Å². The molecular weight excluding hydrogens is 364 g/mol. The molecule has 1 saturated heterocycles. The molecule has 0 saturated carbocycles. The van der Waals surface area contributed by atoms with Gasteiger partial charge in [-0.1, -0.05) is 0 Å². The number of likely N-dealkylation sites (tertiary alicyclic amines) is 1. The van der Waals surface area contributed by atoms with E-state index in [1.807, 2.05) is 24.3 Å². The van der Waals surface area contributed by atoms with E-state index in [1.54, 1.807) is 18.9 Å². The van der Waals surface area contributed by atoms with Crippen molar-refractivity contribution in [2.75, 3.05) is 33.4 Å². The van der Waals surface area contributed by atoms with Gasteiger partial charge in [0.1, 0.15) is 12.4 Å². The van der Waals surface area contributed by atoms with E-state index in [9.17, 15) is 9.59 Å². The minimum atomic E-state index is -0.802. The molecule has 0 unspecified atom stereocenters. The number of piperidine rings is 1. The van der Waals surface area contributed by atoms with E-state index in [0.29, 0.717) is 56.3 Å². The summed E-state index contributed by atoms with van der Waals surface area (Å²) in [6.07, 6.45) is 0.914. The number of carboxylic acids is 1. The van der Waals surface area contributed by atoms with Crippen LogP contribution in [-0.2, 0) is 9.53 Å². The van der Waals surface area contributed by atoms with E-state index in [1.165, 1.54) is 4.80 Å². The quantitative estimate of drug-likeness (QED) is 0.717. The number of aryl methyl sites for hydroxylation is 1. The fourth-order valence-corrected chi connectivity index (χ4v) is 3.09. The van der Waals surface area contributed by atoms with Crippen LogP contribution in [0.15, 0.2) is 24.3 Å². The average Bonchev–Trinajstić information content (AvgIpc) is 3.10. The molecule has 0 atom stereocenters. The topological polar surface area (TPSA) is 107 Å². The lowest BCUT2D eigenvalue weighted by molar-refractivity contribution is -0.143. The zero-order valence-corrected chi connectivity index (χ0v) is 16.0. The maximum absolute atomic E-state index is 12.8. The fraction of sp³-hybridized carbons (Fsp3) is 0.474. The Balaban J connectivity index is 1.67. The van der Waals surface area contributed by atoms with Crippen LogP contribution in [0.1, 0.15) is 29.0 Å². The summed E-state index contributed by atoms with van der Waals surface area (Å²) in [6, 6.07) is 7.24. The monoisotopic (exact) mass is 388 g/mol. The highest BCUT2D eigenvalue weighted by Gasteiger charge is 2.29. The minimum Gasteiger partial charge on any atom is -0.491 e. The van der Waals surface area contributed by atoms with Crippen LogP contribution in [0, 0.1) is 12.8 Å². The van der Waals surface area contributed by atoms with Crippen LogP contribution in [0.3, 0.4) is 0 Å². The van der Waals surface area contributed by atoms with Crippen molar-refractivity contribution < 1.29 is 24.2 Å². The number of carboxylic acid groups (broad SMARTS) is 1. The summed E-state index contributed by atoms with van der Waals surface area (Å²) in [5, 5.41) is 17.8. The molecule has 0 radical (unpaired) electrons. The van der Waals surface area contributed by atoms with Gasteiger partial charge in [0.05, 0.1) is 23.9 Å². The van der Waals surface area contributed by atoms with Gasteiger partial charge in [-0.2, -0.15) is 9.90 Å². The van der Waals surface area contributed by atoms with Crippen molar-refractivity contribution in [1.82, 2.24) is 19.9 Å². The smallest absolute Gasteiger partial charge is 0.306 e. The van der Waals surface area contributed by atoms with Crippen LogP contribution in [0.25, 0.3) is 5.69 Å². The van der Waals surface area contributed by atoms with Crippen LogP contribution >= 0.6 is 0 Å². The highest BCUT2D eigenvalue weighted by atomic mass is 16.5. The number of benzene rings is 1. The largest absolute Gasteiger partial charge is 0.491 e. The van der Waals surface area contributed by atoms with E-state index in [0.717, 1.165) is 0 Å². The number of hydrogen-bond acceptors (Lipinski definition) is 6. The summed E-state index contributed by atoms with van der Waals surface area (Å²) < 4.78 is 10.5. The van der Waals surface area contributed by atoms with Gasteiger partial charge in [0.2, 0.25) is 0 Å². The third kappa shape index (κ3) is 4.48. The van der Waals surface area contributed by atoms with Crippen LogP contribution < -0.4 is 4.74 Å². The van der Waals surface area contributed by atoms with Gasteiger partial charge in [0, 0.05) is 20.2 Å². The van der Waals surface area contributed by atoms with E-state index in [-0.39, 0.29) is 17.5 Å². The first kappa shape index (κ1) is 19.8. The average molecular weight is 388 g/mol. The number of nitrogens with zero attached hydrogens (tertiary/aromatic N) is 4. The van der Waals surface area contributed by atoms with Crippen LogP contribution in [0.2, 0.25) is 0 Å². The van der Waals surface area contributed by atoms with E-state index in [4.69, 9.17) is 14.6 Å². The molecule has 3 rings (SSSR count). The van der Waals surface area contributed by atoms with E-state index < -0.39 is 5.97 Å². The Kier molecular flexibility index (Phi) is 6.25. The van der Waals surface area contributed by atoms with Crippen molar-refractivity contribution in [2.45, 2.75) is 19.8 Å².